The minimum absolute atomic E-state index is 0.110. The Morgan fingerprint density at radius 3 is 2.31 bits per heavy atom. The summed E-state index contributed by atoms with van der Waals surface area (Å²) in [7, 11) is -2.33. The van der Waals surface area contributed by atoms with Crippen LogP contribution in [0.1, 0.15) is 0 Å². The van der Waals surface area contributed by atoms with Crippen LogP contribution in [0.5, 0.6) is 0 Å². The summed E-state index contributed by atoms with van der Waals surface area (Å²) in [5.74, 6) is 0. The second-order valence-corrected chi connectivity index (χ2v) is 4.33. The summed E-state index contributed by atoms with van der Waals surface area (Å²) in [4.78, 5) is 6.32. The maximum absolute atomic E-state index is 11.3. The van der Waals surface area contributed by atoms with Crippen LogP contribution in [-0.2, 0) is 14.9 Å². The predicted octanol–water partition coefficient (Wildman–Crippen LogP) is 1.18. The molecule has 0 saturated carbocycles. The van der Waals surface area contributed by atoms with Crippen LogP contribution >= 0.6 is 11.6 Å². The topological polar surface area (TPSA) is 55.4 Å². The standard InChI is InChI=1S/C7H8ClNO3S/c1-12-9-13(10,11)7-4-2-6(8)3-5-7/h2-5,9H,1H3. The van der Waals surface area contributed by atoms with Gasteiger partial charge in [-0.15, -0.1) is 0 Å². The average Bonchev–Trinajstić information content (AvgIpc) is 2.05. The third-order valence-electron chi connectivity index (χ3n) is 1.32. The molecule has 1 N–H and O–H groups in total. The lowest BCUT2D eigenvalue weighted by atomic mass is 10.4. The first-order chi connectivity index (χ1) is 6.06. The van der Waals surface area contributed by atoms with Crippen molar-refractivity contribution in [1.82, 2.24) is 4.89 Å². The molecule has 0 aliphatic carbocycles. The third-order valence-corrected chi connectivity index (χ3v) is 2.85. The maximum Gasteiger partial charge on any atom is 0.262 e. The zero-order chi connectivity index (χ0) is 9.90. The van der Waals surface area contributed by atoms with Crippen molar-refractivity contribution in [3.63, 3.8) is 0 Å². The Morgan fingerprint density at radius 1 is 1.31 bits per heavy atom. The van der Waals surface area contributed by atoms with Crippen molar-refractivity contribution in [2.45, 2.75) is 4.90 Å². The number of rotatable bonds is 3. The maximum atomic E-state index is 11.3. The van der Waals surface area contributed by atoms with E-state index in [4.69, 9.17) is 11.6 Å². The molecular weight excluding hydrogens is 214 g/mol. The number of nitrogens with one attached hydrogen (secondary N) is 1. The molecule has 13 heavy (non-hydrogen) atoms. The Bertz CT molecular complexity index is 373. The van der Waals surface area contributed by atoms with E-state index in [1.807, 2.05) is 4.89 Å². The molecule has 0 aliphatic heterocycles. The van der Waals surface area contributed by atoms with Gasteiger partial charge in [0.05, 0.1) is 12.0 Å². The first-order valence-electron chi connectivity index (χ1n) is 3.36. The number of benzene rings is 1. The van der Waals surface area contributed by atoms with Crippen LogP contribution in [0.15, 0.2) is 29.2 Å². The molecule has 0 aromatic heterocycles. The largest absolute Gasteiger partial charge is 0.290 e. The van der Waals surface area contributed by atoms with Gasteiger partial charge in [0, 0.05) is 5.02 Å². The van der Waals surface area contributed by atoms with Crippen molar-refractivity contribution in [2.75, 3.05) is 7.11 Å². The molecule has 0 bridgehead atoms. The highest BCUT2D eigenvalue weighted by Crippen LogP contribution is 2.13. The van der Waals surface area contributed by atoms with Crippen molar-refractivity contribution in [3.05, 3.63) is 29.3 Å². The van der Waals surface area contributed by atoms with Crippen molar-refractivity contribution in [2.24, 2.45) is 0 Å². The summed E-state index contributed by atoms with van der Waals surface area (Å²) in [5, 5.41) is 0.483. The summed E-state index contributed by atoms with van der Waals surface area (Å²) in [6.07, 6.45) is 0. The van der Waals surface area contributed by atoms with Crippen LogP contribution in [0.4, 0.5) is 0 Å². The van der Waals surface area contributed by atoms with E-state index in [-0.39, 0.29) is 4.90 Å². The van der Waals surface area contributed by atoms with Gasteiger partial charge in [0.1, 0.15) is 0 Å². The van der Waals surface area contributed by atoms with Gasteiger partial charge in [-0.3, -0.25) is 4.84 Å². The van der Waals surface area contributed by atoms with E-state index in [1.165, 1.54) is 31.4 Å². The Balaban J connectivity index is 3.02. The van der Waals surface area contributed by atoms with Crippen LogP contribution < -0.4 is 4.89 Å². The molecule has 0 radical (unpaired) electrons. The number of sulfonamides is 1. The molecule has 0 atom stereocenters. The lowest BCUT2D eigenvalue weighted by Crippen LogP contribution is -2.22. The first-order valence-corrected chi connectivity index (χ1v) is 5.23. The van der Waals surface area contributed by atoms with Gasteiger partial charge in [-0.2, -0.15) is 0 Å². The molecule has 0 unspecified atom stereocenters. The van der Waals surface area contributed by atoms with E-state index in [2.05, 4.69) is 4.84 Å². The molecule has 0 spiro atoms. The molecule has 0 heterocycles. The van der Waals surface area contributed by atoms with Crippen LogP contribution in [0.2, 0.25) is 5.02 Å². The van der Waals surface area contributed by atoms with Crippen molar-refractivity contribution >= 4 is 21.6 Å². The van der Waals surface area contributed by atoms with Gasteiger partial charge in [-0.1, -0.05) is 16.5 Å². The molecule has 0 aliphatic rings. The monoisotopic (exact) mass is 221 g/mol. The molecule has 1 rings (SSSR count). The van der Waals surface area contributed by atoms with Crippen LogP contribution in [0, 0.1) is 0 Å². The fourth-order valence-corrected chi connectivity index (χ4v) is 1.71. The first kappa shape index (κ1) is 10.5. The Labute approximate surface area is 81.5 Å². The Hall–Kier alpha value is -0.620. The molecule has 0 amide bonds. The van der Waals surface area contributed by atoms with E-state index < -0.39 is 10.0 Å². The lowest BCUT2D eigenvalue weighted by molar-refractivity contribution is 0.153. The fourth-order valence-electron chi connectivity index (χ4n) is 0.772. The zero-order valence-corrected chi connectivity index (χ0v) is 8.39. The van der Waals surface area contributed by atoms with Gasteiger partial charge in [-0.25, -0.2) is 8.42 Å². The number of hydrogen-bond donors (Lipinski definition) is 1. The molecule has 0 fully saturated rings. The van der Waals surface area contributed by atoms with Crippen LogP contribution in [-0.4, -0.2) is 15.5 Å². The van der Waals surface area contributed by atoms with E-state index in [9.17, 15) is 8.42 Å². The summed E-state index contributed by atoms with van der Waals surface area (Å²) in [6.45, 7) is 0. The van der Waals surface area contributed by atoms with E-state index >= 15 is 0 Å². The summed E-state index contributed by atoms with van der Waals surface area (Å²) < 4.78 is 22.5. The minimum Gasteiger partial charge on any atom is -0.290 e. The molecule has 6 heteroatoms. The van der Waals surface area contributed by atoms with Crippen LogP contribution in [0.25, 0.3) is 0 Å². The van der Waals surface area contributed by atoms with E-state index in [0.29, 0.717) is 5.02 Å². The normalized spacial score (nSPS) is 11.5. The van der Waals surface area contributed by atoms with Gasteiger partial charge >= 0.3 is 0 Å². The minimum atomic E-state index is -3.56. The highest BCUT2D eigenvalue weighted by atomic mass is 35.5. The second-order valence-electron chi connectivity index (χ2n) is 2.24. The fraction of sp³-hybridized carbons (Fsp3) is 0.143. The molecule has 1 aromatic carbocycles. The summed E-state index contributed by atoms with van der Waals surface area (Å²) >= 11 is 5.59. The SMILES string of the molecule is CONS(=O)(=O)c1ccc(Cl)cc1. The summed E-state index contributed by atoms with van der Waals surface area (Å²) in [6, 6.07) is 5.77. The number of halogens is 1. The van der Waals surface area contributed by atoms with Gasteiger partial charge < -0.3 is 0 Å². The third kappa shape index (κ3) is 2.67. The quantitative estimate of drug-likeness (QED) is 0.780. The second kappa shape index (κ2) is 4.06. The summed E-state index contributed by atoms with van der Waals surface area (Å²) in [5.41, 5.74) is 0. The smallest absolute Gasteiger partial charge is 0.262 e. The van der Waals surface area contributed by atoms with Gasteiger partial charge in [0.2, 0.25) is 0 Å². The molecule has 72 valence electrons. The average molecular weight is 222 g/mol. The van der Waals surface area contributed by atoms with Gasteiger partial charge in [-0.05, 0) is 24.3 Å². The highest BCUT2D eigenvalue weighted by Gasteiger charge is 2.12. The lowest BCUT2D eigenvalue weighted by Gasteiger charge is -2.03. The van der Waals surface area contributed by atoms with Crippen molar-refractivity contribution < 1.29 is 13.3 Å². The van der Waals surface area contributed by atoms with Gasteiger partial charge in [0.15, 0.2) is 0 Å². The molecule has 0 saturated heterocycles. The Kier molecular flexibility index (Phi) is 3.27. The van der Waals surface area contributed by atoms with Crippen molar-refractivity contribution in [1.29, 1.82) is 0 Å². The van der Waals surface area contributed by atoms with Crippen LogP contribution in [0.3, 0.4) is 0 Å². The van der Waals surface area contributed by atoms with E-state index in [0.717, 1.165) is 0 Å². The van der Waals surface area contributed by atoms with Crippen molar-refractivity contribution in [3.8, 4) is 0 Å². The molecule has 1 aromatic rings. The Morgan fingerprint density at radius 2 is 1.85 bits per heavy atom. The number of hydrogen-bond acceptors (Lipinski definition) is 3. The molecule has 4 nitrogen and oxygen atoms in total. The van der Waals surface area contributed by atoms with Gasteiger partial charge in [0.25, 0.3) is 10.0 Å². The predicted molar refractivity (Wildman–Crippen MR) is 48.8 cm³/mol. The van der Waals surface area contributed by atoms with E-state index in [1.54, 1.807) is 0 Å². The molecular formula is C7H8ClNO3S. The zero-order valence-electron chi connectivity index (χ0n) is 6.82. The highest BCUT2D eigenvalue weighted by molar-refractivity contribution is 7.89.